The Morgan fingerprint density at radius 1 is 1.40 bits per heavy atom. The van der Waals surface area contributed by atoms with Crippen LogP contribution in [0.2, 0.25) is 0 Å². The summed E-state index contributed by atoms with van der Waals surface area (Å²) in [7, 11) is 1.58. The Morgan fingerprint density at radius 3 is 2.70 bits per heavy atom. The highest BCUT2D eigenvalue weighted by Crippen LogP contribution is 2.20. The first kappa shape index (κ1) is 16.3. The Labute approximate surface area is 118 Å². The molecule has 0 spiro atoms. The number of carbonyl (C=O) groups is 3. The normalized spacial score (nSPS) is 17.9. The van der Waals surface area contributed by atoms with Crippen LogP contribution >= 0.6 is 0 Å². The van der Waals surface area contributed by atoms with Gasteiger partial charge in [-0.1, -0.05) is 6.92 Å². The van der Waals surface area contributed by atoms with Gasteiger partial charge in [0, 0.05) is 33.1 Å². The molecule has 2 N–H and O–H groups in total. The number of amides is 3. The molecule has 0 aliphatic carbocycles. The van der Waals surface area contributed by atoms with Crippen molar-refractivity contribution in [2.45, 2.75) is 26.2 Å². The van der Waals surface area contributed by atoms with E-state index in [0.29, 0.717) is 26.1 Å². The van der Waals surface area contributed by atoms with E-state index < -0.39 is 5.97 Å². The number of hydrogen-bond acceptors (Lipinski definition) is 3. The van der Waals surface area contributed by atoms with Gasteiger partial charge in [-0.25, -0.2) is 4.79 Å². The van der Waals surface area contributed by atoms with Crippen LogP contribution < -0.4 is 5.32 Å². The fraction of sp³-hybridized carbons (Fsp3) is 0.769. The minimum atomic E-state index is -0.836. The number of likely N-dealkylation sites (N-methyl/N-ethyl adjacent to an activating group) is 1. The fourth-order valence-electron chi connectivity index (χ4n) is 2.26. The lowest BCUT2D eigenvalue weighted by atomic mass is 10.1. The molecule has 1 unspecified atom stereocenters. The van der Waals surface area contributed by atoms with E-state index in [1.807, 2.05) is 6.92 Å². The average Bonchev–Trinajstić information content (AvgIpc) is 2.82. The van der Waals surface area contributed by atoms with Crippen LogP contribution in [0, 0.1) is 5.92 Å². The molecule has 0 saturated carbocycles. The first-order valence-corrected chi connectivity index (χ1v) is 6.92. The Morgan fingerprint density at radius 2 is 2.10 bits per heavy atom. The van der Waals surface area contributed by atoms with Crippen molar-refractivity contribution in [1.29, 1.82) is 0 Å². The summed E-state index contributed by atoms with van der Waals surface area (Å²) in [6, 6.07) is -0.218. The third-order valence-corrected chi connectivity index (χ3v) is 3.30. The summed E-state index contributed by atoms with van der Waals surface area (Å²) in [5.74, 6) is -1.00. The minimum Gasteiger partial charge on any atom is -0.481 e. The maximum atomic E-state index is 12.1. The van der Waals surface area contributed by atoms with Gasteiger partial charge in [-0.05, 0) is 18.8 Å². The summed E-state index contributed by atoms with van der Waals surface area (Å²) in [6.45, 7) is 3.59. The molecule has 0 radical (unpaired) electrons. The smallest absolute Gasteiger partial charge is 0.320 e. The quantitative estimate of drug-likeness (QED) is 0.737. The maximum absolute atomic E-state index is 12.1. The third kappa shape index (κ3) is 5.07. The van der Waals surface area contributed by atoms with Crippen LogP contribution in [-0.4, -0.2) is 66.0 Å². The van der Waals surface area contributed by atoms with E-state index in [9.17, 15) is 14.4 Å². The maximum Gasteiger partial charge on any atom is 0.320 e. The second kappa shape index (κ2) is 7.72. The predicted octanol–water partition coefficient (Wildman–Crippen LogP) is 0.361. The largest absolute Gasteiger partial charge is 0.481 e. The van der Waals surface area contributed by atoms with Crippen LogP contribution in [0.3, 0.4) is 0 Å². The molecule has 1 fully saturated rings. The van der Waals surface area contributed by atoms with E-state index in [-0.39, 0.29) is 30.8 Å². The standard InChI is InChI=1S/C13H23N3O4/c1-3-5-14-11(17)9-15(2)13(20)16-6-4-10(8-16)7-12(18)19/h10H,3-9H2,1-2H3,(H,14,17)(H,18,19). The number of carbonyl (C=O) groups excluding carboxylic acids is 2. The Hall–Kier alpha value is -1.79. The summed E-state index contributed by atoms with van der Waals surface area (Å²) in [5, 5.41) is 11.5. The van der Waals surface area contributed by atoms with Gasteiger partial charge in [-0.2, -0.15) is 0 Å². The number of carboxylic acid groups (broad SMARTS) is 1. The topological polar surface area (TPSA) is 90.0 Å². The molecular formula is C13H23N3O4. The van der Waals surface area contributed by atoms with Crippen molar-refractivity contribution in [2.75, 3.05) is 33.2 Å². The van der Waals surface area contributed by atoms with E-state index >= 15 is 0 Å². The molecule has 20 heavy (non-hydrogen) atoms. The molecule has 0 aromatic heterocycles. The molecule has 7 nitrogen and oxygen atoms in total. The second-order valence-corrected chi connectivity index (χ2v) is 5.19. The number of rotatable bonds is 6. The molecule has 1 aliphatic heterocycles. The van der Waals surface area contributed by atoms with Gasteiger partial charge >= 0.3 is 12.0 Å². The molecule has 7 heteroatoms. The van der Waals surface area contributed by atoms with Crippen LogP contribution in [0.4, 0.5) is 4.79 Å². The summed E-state index contributed by atoms with van der Waals surface area (Å²) in [5.41, 5.74) is 0. The van der Waals surface area contributed by atoms with Crippen molar-refractivity contribution in [2.24, 2.45) is 5.92 Å². The predicted molar refractivity (Wildman–Crippen MR) is 73.3 cm³/mol. The lowest BCUT2D eigenvalue weighted by molar-refractivity contribution is -0.138. The zero-order valence-corrected chi connectivity index (χ0v) is 12.1. The molecule has 3 amide bonds. The molecule has 1 heterocycles. The molecule has 1 atom stereocenters. The molecule has 0 aromatic rings. The summed E-state index contributed by atoms with van der Waals surface area (Å²) < 4.78 is 0. The number of nitrogens with one attached hydrogen (secondary N) is 1. The minimum absolute atomic E-state index is 0.0127. The molecule has 0 bridgehead atoms. The molecule has 1 rings (SSSR count). The number of aliphatic carboxylic acids is 1. The Bertz CT molecular complexity index is 373. The zero-order valence-electron chi connectivity index (χ0n) is 12.1. The summed E-state index contributed by atoms with van der Waals surface area (Å²) in [6.07, 6.45) is 1.64. The van der Waals surface area contributed by atoms with Crippen LogP contribution in [0.25, 0.3) is 0 Å². The van der Waals surface area contributed by atoms with Crippen LogP contribution in [0.1, 0.15) is 26.2 Å². The van der Waals surface area contributed by atoms with Gasteiger partial charge in [0.1, 0.15) is 6.54 Å². The third-order valence-electron chi connectivity index (χ3n) is 3.30. The fourth-order valence-corrected chi connectivity index (χ4v) is 2.26. The van der Waals surface area contributed by atoms with Crippen molar-refractivity contribution >= 4 is 17.9 Å². The second-order valence-electron chi connectivity index (χ2n) is 5.19. The SMILES string of the molecule is CCCNC(=O)CN(C)C(=O)N1CCC(CC(=O)O)C1. The number of carboxylic acids is 1. The van der Waals surface area contributed by atoms with Crippen LogP contribution in [0.15, 0.2) is 0 Å². The van der Waals surface area contributed by atoms with Crippen LogP contribution in [-0.2, 0) is 9.59 Å². The van der Waals surface area contributed by atoms with Crippen LogP contribution in [0.5, 0.6) is 0 Å². The van der Waals surface area contributed by atoms with Gasteiger partial charge < -0.3 is 20.2 Å². The van der Waals surface area contributed by atoms with Crippen molar-refractivity contribution in [3.8, 4) is 0 Å². The lowest BCUT2D eigenvalue weighted by Gasteiger charge is -2.24. The van der Waals surface area contributed by atoms with E-state index in [4.69, 9.17) is 5.11 Å². The summed E-state index contributed by atoms with van der Waals surface area (Å²) >= 11 is 0. The van der Waals surface area contributed by atoms with Gasteiger partial charge in [0.05, 0.1) is 0 Å². The van der Waals surface area contributed by atoms with Gasteiger partial charge in [-0.3, -0.25) is 9.59 Å². The molecule has 0 aromatic carbocycles. The Balaban J connectivity index is 2.38. The zero-order chi connectivity index (χ0) is 15.1. The Kier molecular flexibility index (Phi) is 6.27. The summed E-state index contributed by atoms with van der Waals surface area (Å²) in [4.78, 5) is 37.3. The van der Waals surface area contributed by atoms with Crippen molar-refractivity contribution in [3.63, 3.8) is 0 Å². The highest BCUT2D eigenvalue weighted by atomic mass is 16.4. The van der Waals surface area contributed by atoms with Crippen molar-refractivity contribution < 1.29 is 19.5 Å². The van der Waals surface area contributed by atoms with Gasteiger partial charge in [-0.15, -0.1) is 0 Å². The molecular weight excluding hydrogens is 262 g/mol. The van der Waals surface area contributed by atoms with E-state index in [1.165, 1.54) is 4.90 Å². The van der Waals surface area contributed by atoms with E-state index in [0.717, 1.165) is 6.42 Å². The monoisotopic (exact) mass is 285 g/mol. The highest BCUT2D eigenvalue weighted by Gasteiger charge is 2.29. The van der Waals surface area contributed by atoms with E-state index in [2.05, 4.69) is 5.32 Å². The van der Waals surface area contributed by atoms with Gasteiger partial charge in [0.15, 0.2) is 0 Å². The van der Waals surface area contributed by atoms with Gasteiger partial charge in [0.25, 0.3) is 0 Å². The van der Waals surface area contributed by atoms with Gasteiger partial charge in [0.2, 0.25) is 5.91 Å². The molecule has 114 valence electrons. The number of hydrogen-bond donors (Lipinski definition) is 2. The first-order valence-electron chi connectivity index (χ1n) is 6.92. The van der Waals surface area contributed by atoms with Crippen molar-refractivity contribution in [1.82, 2.24) is 15.1 Å². The number of urea groups is 1. The van der Waals surface area contributed by atoms with Crippen molar-refractivity contribution in [3.05, 3.63) is 0 Å². The molecule has 1 aliphatic rings. The lowest BCUT2D eigenvalue weighted by Crippen LogP contribution is -2.44. The average molecular weight is 285 g/mol. The number of nitrogens with zero attached hydrogens (tertiary/aromatic N) is 2. The highest BCUT2D eigenvalue weighted by molar-refractivity contribution is 5.84. The first-order chi connectivity index (χ1) is 9.43. The van der Waals surface area contributed by atoms with E-state index in [1.54, 1.807) is 11.9 Å². The molecule has 1 saturated heterocycles. The number of likely N-dealkylation sites (tertiary alicyclic amines) is 1.